The zero-order valence-corrected chi connectivity index (χ0v) is 16.8. The molecule has 1 N–H and O–H groups in total. The number of carbonyl (C=O) groups excluding carboxylic acids is 3. The number of barbiturate groups is 1. The Morgan fingerprint density at radius 3 is 2.47 bits per heavy atom. The molecule has 0 radical (unpaired) electrons. The summed E-state index contributed by atoms with van der Waals surface area (Å²) < 4.78 is 1.95. The number of nitrogens with zero attached hydrogens (tertiary/aromatic N) is 3. The Hall–Kier alpha value is -4.00. The van der Waals surface area contributed by atoms with Crippen LogP contribution in [0.25, 0.3) is 11.9 Å². The first kappa shape index (κ1) is 19.3. The van der Waals surface area contributed by atoms with Crippen molar-refractivity contribution in [1.82, 2.24) is 14.9 Å². The zero-order chi connectivity index (χ0) is 21.4. The number of amides is 4. The number of aromatic nitrogens is 2. The first-order valence-electron chi connectivity index (χ1n) is 9.45. The predicted octanol–water partition coefficient (Wildman–Crippen LogP) is 3.46. The lowest BCUT2D eigenvalue weighted by atomic mass is 10.1. The van der Waals surface area contributed by atoms with Crippen molar-refractivity contribution in [3.8, 4) is 5.82 Å². The summed E-state index contributed by atoms with van der Waals surface area (Å²) in [6, 6.07) is 13.7. The minimum atomic E-state index is -0.758. The molecule has 3 aromatic rings. The molecule has 1 fully saturated rings. The highest BCUT2D eigenvalue weighted by atomic mass is 16.2. The molecule has 1 aliphatic heterocycles. The van der Waals surface area contributed by atoms with Crippen molar-refractivity contribution >= 4 is 29.6 Å². The largest absolute Gasteiger partial charge is 0.335 e. The van der Waals surface area contributed by atoms with E-state index in [-0.39, 0.29) is 5.57 Å². The number of benzene rings is 1. The number of rotatable bonds is 3. The molecular weight excluding hydrogens is 380 g/mol. The summed E-state index contributed by atoms with van der Waals surface area (Å²) in [7, 11) is 0. The van der Waals surface area contributed by atoms with E-state index in [1.165, 1.54) is 6.08 Å². The molecule has 4 rings (SSSR count). The maximum absolute atomic E-state index is 13.1. The molecule has 150 valence electrons. The smallest absolute Gasteiger partial charge is 0.303 e. The Balaban J connectivity index is 1.77. The van der Waals surface area contributed by atoms with Crippen LogP contribution in [-0.2, 0) is 9.59 Å². The Morgan fingerprint density at radius 2 is 1.77 bits per heavy atom. The minimum Gasteiger partial charge on any atom is -0.303 e. The van der Waals surface area contributed by atoms with Crippen molar-refractivity contribution in [3.05, 3.63) is 82.8 Å². The quantitative estimate of drug-likeness (QED) is 0.539. The van der Waals surface area contributed by atoms with Gasteiger partial charge in [-0.15, -0.1) is 0 Å². The molecule has 0 saturated carbocycles. The van der Waals surface area contributed by atoms with E-state index >= 15 is 0 Å². The molecule has 3 heterocycles. The fraction of sp³-hybridized carbons (Fsp3) is 0.130. The van der Waals surface area contributed by atoms with Crippen LogP contribution in [0.3, 0.4) is 0 Å². The van der Waals surface area contributed by atoms with Gasteiger partial charge in [-0.25, -0.2) is 14.7 Å². The fourth-order valence-electron chi connectivity index (χ4n) is 3.59. The lowest BCUT2D eigenvalue weighted by Gasteiger charge is -2.26. The number of hydrogen-bond acceptors (Lipinski definition) is 4. The normalized spacial score (nSPS) is 15.6. The third-order valence-corrected chi connectivity index (χ3v) is 5.01. The molecule has 4 amide bonds. The maximum atomic E-state index is 13.1. The highest BCUT2D eigenvalue weighted by molar-refractivity contribution is 6.39. The van der Waals surface area contributed by atoms with Gasteiger partial charge in [0.15, 0.2) is 0 Å². The molecule has 30 heavy (non-hydrogen) atoms. The van der Waals surface area contributed by atoms with Crippen LogP contribution in [0.1, 0.15) is 22.5 Å². The standard InChI is InChI=1S/C23H20N4O3/c1-14-7-6-8-18(11-14)27-22(29)19(21(28)25-23(27)30)13-17-12-15(2)26(16(17)3)20-9-4-5-10-24-20/h4-13H,1-3H3,(H,25,28,30)/b19-13+. The summed E-state index contributed by atoms with van der Waals surface area (Å²) >= 11 is 0. The van der Waals surface area contributed by atoms with Gasteiger partial charge in [0.25, 0.3) is 11.8 Å². The summed E-state index contributed by atoms with van der Waals surface area (Å²) in [4.78, 5) is 43.3. The number of anilines is 1. The monoisotopic (exact) mass is 400 g/mol. The molecule has 0 aliphatic carbocycles. The number of aryl methyl sites for hydroxylation is 2. The summed E-state index contributed by atoms with van der Waals surface area (Å²) in [5.41, 5.74) is 3.66. The van der Waals surface area contributed by atoms with Crippen LogP contribution in [0.15, 0.2) is 60.3 Å². The van der Waals surface area contributed by atoms with E-state index in [4.69, 9.17) is 0 Å². The average molecular weight is 400 g/mol. The Kier molecular flexibility index (Phi) is 4.79. The van der Waals surface area contributed by atoms with Gasteiger partial charge in [0.1, 0.15) is 11.4 Å². The van der Waals surface area contributed by atoms with Crippen molar-refractivity contribution in [2.45, 2.75) is 20.8 Å². The van der Waals surface area contributed by atoms with Crippen molar-refractivity contribution in [1.29, 1.82) is 0 Å². The molecule has 0 atom stereocenters. The van der Waals surface area contributed by atoms with Crippen LogP contribution < -0.4 is 10.2 Å². The molecule has 0 bridgehead atoms. The van der Waals surface area contributed by atoms with Gasteiger partial charge in [0.05, 0.1) is 5.69 Å². The van der Waals surface area contributed by atoms with Gasteiger partial charge in [-0.05, 0) is 68.3 Å². The third kappa shape index (κ3) is 3.30. The van der Waals surface area contributed by atoms with E-state index in [0.29, 0.717) is 11.3 Å². The lowest BCUT2D eigenvalue weighted by molar-refractivity contribution is -0.122. The summed E-state index contributed by atoms with van der Waals surface area (Å²) in [5.74, 6) is -0.623. The Morgan fingerprint density at radius 1 is 0.967 bits per heavy atom. The zero-order valence-electron chi connectivity index (χ0n) is 16.8. The Bertz CT molecular complexity index is 1210. The van der Waals surface area contributed by atoms with Crippen LogP contribution in [0.5, 0.6) is 0 Å². The molecule has 0 spiro atoms. The van der Waals surface area contributed by atoms with E-state index in [9.17, 15) is 14.4 Å². The van der Waals surface area contributed by atoms with E-state index < -0.39 is 17.8 Å². The third-order valence-electron chi connectivity index (χ3n) is 5.01. The van der Waals surface area contributed by atoms with Crippen LogP contribution in [0.4, 0.5) is 10.5 Å². The molecule has 7 nitrogen and oxygen atoms in total. The van der Waals surface area contributed by atoms with Crippen molar-refractivity contribution < 1.29 is 14.4 Å². The highest BCUT2D eigenvalue weighted by Crippen LogP contribution is 2.25. The van der Waals surface area contributed by atoms with Gasteiger partial charge in [-0.1, -0.05) is 18.2 Å². The molecule has 1 saturated heterocycles. The highest BCUT2D eigenvalue weighted by Gasteiger charge is 2.37. The molecule has 7 heteroatoms. The van der Waals surface area contributed by atoms with Crippen LogP contribution in [0, 0.1) is 20.8 Å². The minimum absolute atomic E-state index is 0.0997. The van der Waals surface area contributed by atoms with E-state index in [1.54, 1.807) is 24.4 Å². The molecule has 2 aromatic heterocycles. The van der Waals surface area contributed by atoms with Gasteiger partial charge in [-0.3, -0.25) is 14.9 Å². The van der Waals surface area contributed by atoms with Gasteiger partial charge in [0, 0.05) is 17.6 Å². The molecule has 0 unspecified atom stereocenters. The number of urea groups is 1. The number of pyridine rings is 1. The summed E-state index contributed by atoms with van der Waals surface area (Å²) in [5, 5.41) is 2.26. The van der Waals surface area contributed by atoms with Gasteiger partial charge >= 0.3 is 6.03 Å². The fourth-order valence-corrected chi connectivity index (χ4v) is 3.59. The van der Waals surface area contributed by atoms with Gasteiger partial charge in [-0.2, -0.15) is 0 Å². The second-order valence-electron chi connectivity index (χ2n) is 7.15. The molecule has 1 aliphatic rings. The van der Waals surface area contributed by atoms with Crippen molar-refractivity contribution in [2.24, 2.45) is 0 Å². The van der Waals surface area contributed by atoms with Gasteiger partial charge in [0.2, 0.25) is 0 Å². The molecule has 1 aromatic carbocycles. The number of nitrogens with one attached hydrogen (secondary N) is 1. The van der Waals surface area contributed by atoms with E-state index in [0.717, 1.165) is 27.7 Å². The lowest BCUT2D eigenvalue weighted by Crippen LogP contribution is -2.54. The maximum Gasteiger partial charge on any atom is 0.335 e. The topological polar surface area (TPSA) is 84.3 Å². The van der Waals surface area contributed by atoms with E-state index in [2.05, 4.69) is 10.3 Å². The molecular formula is C23H20N4O3. The SMILES string of the molecule is Cc1cccc(N2C(=O)NC(=O)/C(=C\c3cc(C)n(-c4ccccn4)c3C)C2=O)c1. The second kappa shape index (κ2) is 7.44. The predicted molar refractivity (Wildman–Crippen MR) is 113 cm³/mol. The van der Waals surface area contributed by atoms with Crippen LogP contribution >= 0.6 is 0 Å². The second-order valence-corrected chi connectivity index (χ2v) is 7.15. The van der Waals surface area contributed by atoms with E-state index in [1.807, 2.05) is 55.7 Å². The number of imide groups is 2. The van der Waals surface area contributed by atoms with Gasteiger partial charge < -0.3 is 4.57 Å². The average Bonchev–Trinajstić information content (AvgIpc) is 2.99. The Labute approximate surface area is 173 Å². The first-order valence-corrected chi connectivity index (χ1v) is 9.45. The number of hydrogen-bond donors (Lipinski definition) is 1. The van der Waals surface area contributed by atoms with Crippen LogP contribution in [0.2, 0.25) is 0 Å². The van der Waals surface area contributed by atoms with Crippen LogP contribution in [-0.4, -0.2) is 27.4 Å². The summed E-state index contributed by atoms with van der Waals surface area (Å²) in [6.07, 6.45) is 3.23. The first-order chi connectivity index (χ1) is 14.4. The summed E-state index contributed by atoms with van der Waals surface area (Å²) in [6.45, 7) is 5.68. The number of carbonyl (C=O) groups is 3. The van der Waals surface area contributed by atoms with Crippen molar-refractivity contribution in [2.75, 3.05) is 4.90 Å². The van der Waals surface area contributed by atoms with Crippen molar-refractivity contribution in [3.63, 3.8) is 0 Å².